The SMILES string of the molecule is CCC(CS(=O)(=O)c1cc(Cl)ccc1Cl)NC. The van der Waals surface area contributed by atoms with Gasteiger partial charge in [0.25, 0.3) is 0 Å². The highest BCUT2D eigenvalue weighted by Crippen LogP contribution is 2.26. The minimum atomic E-state index is -3.42. The summed E-state index contributed by atoms with van der Waals surface area (Å²) in [5.41, 5.74) is 0. The summed E-state index contributed by atoms with van der Waals surface area (Å²) in [6.45, 7) is 1.93. The van der Waals surface area contributed by atoms with Gasteiger partial charge in [0.2, 0.25) is 0 Å². The first-order valence-corrected chi connectivity index (χ1v) is 7.66. The van der Waals surface area contributed by atoms with Crippen LogP contribution in [-0.2, 0) is 9.84 Å². The van der Waals surface area contributed by atoms with E-state index in [0.717, 1.165) is 6.42 Å². The summed E-state index contributed by atoms with van der Waals surface area (Å²) in [4.78, 5) is 0.0976. The van der Waals surface area contributed by atoms with Crippen LogP contribution in [0, 0.1) is 0 Å². The van der Waals surface area contributed by atoms with Gasteiger partial charge in [-0.2, -0.15) is 0 Å². The van der Waals surface area contributed by atoms with Crippen molar-refractivity contribution in [2.45, 2.75) is 24.3 Å². The summed E-state index contributed by atoms with van der Waals surface area (Å²) in [6, 6.07) is 4.37. The van der Waals surface area contributed by atoms with E-state index in [9.17, 15) is 8.42 Å². The van der Waals surface area contributed by atoms with Gasteiger partial charge in [0.1, 0.15) is 0 Å². The number of rotatable bonds is 5. The van der Waals surface area contributed by atoms with Gasteiger partial charge >= 0.3 is 0 Å². The van der Waals surface area contributed by atoms with E-state index in [1.165, 1.54) is 12.1 Å². The van der Waals surface area contributed by atoms with Crippen LogP contribution in [-0.4, -0.2) is 27.3 Å². The molecule has 1 unspecified atom stereocenters. The molecule has 0 saturated carbocycles. The molecule has 0 amide bonds. The van der Waals surface area contributed by atoms with Gasteiger partial charge in [-0.1, -0.05) is 30.1 Å². The van der Waals surface area contributed by atoms with Crippen LogP contribution in [0.15, 0.2) is 23.1 Å². The maximum atomic E-state index is 12.2. The van der Waals surface area contributed by atoms with E-state index >= 15 is 0 Å². The molecule has 17 heavy (non-hydrogen) atoms. The minimum Gasteiger partial charge on any atom is -0.316 e. The lowest BCUT2D eigenvalue weighted by atomic mass is 10.3. The van der Waals surface area contributed by atoms with Gasteiger partial charge in [-0.05, 0) is 31.7 Å². The molecule has 0 aliphatic carbocycles. The fourth-order valence-corrected chi connectivity index (χ4v) is 3.97. The maximum absolute atomic E-state index is 12.2. The smallest absolute Gasteiger partial charge is 0.181 e. The first-order chi connectivity index (χ1) is 7.90. The third-order valence-electron chi connectivity index (χ3n) is 2.55. The van der Waals surface area contributed by atoms with Gasteiger partial charge in [0.15, 0.2) is 9.84 Å². The number of nitrogens with one attached hydrogen (secondary N) is 1. The molecule has 0 aliphatic rings. The molecule has 1 aromatic carbocycles. The lowest BCUT2D eigenvalue weighted by Crippen LogP contribution is -2.32. The van der Waals surface area contributed by atoms with Gasteiger partial charge in [0, 0.05) is 11.1 Å². The predicted octanol–water partition coefficient (Wildman–Crippen LogP) is 2.77. The Bertz CT molecular complexity index is 484. The number of benzene rings is 1. The van der Waals surface area contributed by atoms with Crippen molar-refractivity contribution in [3.8, 4) is 0 Å². The van der Waals surface area contributed by atoms with Crippen LogP contribution in [0.3, 0.4) is 0 Å². The first kappa shape index (κ1) is 14.8. The molecular formula is C11H15Cl2NO2S. The Kier molecular flexibility index (Phi) is 5.25. The second kappa shape index (κ2) is 6.05. The van der Waals surface area contributed by atoms with Gasteiger partial charge in [-0.3, -0.25) is 0 Å². The quantitative estimate of drug-likeness (QED) is 0.909. The molecule has 1 rings (SSSR count). The van der Waals surface area contributed by atoms with Crippen molar-refractivity contribution in [3.63, 3.8) is 0 Å². The summed E-state index contributed by atoms with van der Waals surface area (Å²) in [5.74, 6) is 0.0140. The molecule has 0 heterocycles. The predicted molar refractivity (Wildman–Crippen MR) is 71.7 cm³/mol. The lowest BCUT2D eigenvalue weighted by molar-refractivity contribution is 0.556. The van der Waals surface area contributed by atoms with Crippen molar-refractivity contribution in [3.05, 3.63) is 28.2 Å². The molecule has 3 nitrogen and oxygen atoms in total. The van der Waals surface area contributed by atoms with E-state index in [-0.39, 0.29) is 21.7 Å². The zero-order valence-corrected chi connectivity index (χ0v) is 12.0. The van der Waals surface area contributed by atoms with Gasteiger partial charge < -0.3 is 5.32 Å². The van der Waals surface area contributed by atoms with E-state index in [2.05, 4.69) is 5.32 Å². The fraction of sp³-hybridized carbons (Fsp3) is 0.455. The zero-order valence-electron chi connectivity index (χ0n) is 9.70. The summed E-state index contributed by atoms with van der Waals surface area (Å²) < 4.78 is 24.3. The standard InChI is InChI=1S/C11H15Cl2NO2S/c1-3-9(14-2)7-17(15,16)11-6-8(12)4-5-10(11)13/h4-6,9,14H,3,7H2,1-2H3. The highest BCUT2D eigenvalue weighted by atomic mass is 35.5. The number of halogens is 2. The highest BCUT2D eigenvalue weighted by molar-refractivity contribution is 7.91. The van der Waals surface area contributed by atoms with Crippen LogP contribution >= 0.6 is 23.2 Å². The van der Waals surface area contributed by atoms with Crippen molar-refractivity contribution >= 4 is 33.0 Å². The Morgan fingerprint density at radius 2 is 2.00 bits per heavy atom. The minimum absolute atomic E-state index is 0.0140. The van der Waals surface area contributed by atoms with Crippen molar-refractivity contribution in [1.82, 2.24) is 5.32 Å². The molecular weight excluding hydrogens is 281 g/mol. The van der Waals surface area contributed by atoms with E-state index in [4.69, 9.17) is 23.2 Å². The van der Waals surface area contributed by atoms with E-state index in [0.29, 0.717) is 5.02 Å². The number of hydrogen-bond acceptors (Lipinski definition) is 3. The molecule has 96 valence electrons. The highest BCUT2D eigenvalue weighted by Gasteiger charge is 2.22. The van der Waals surface area contributed by atoms with Crippen molar-refractivity contribution < 1.29 is 8.42 Å². The second-order valence-corrected chi connectivity index (χ2v) is 6.60. The fourth-order valence-electron chi connectivity index (χ4n) is 1.48. The Labute approximate surface area is 112 Å². The van der Waals surface area contributed by atoms with Gasteiger partial charge in [0.05, 0.1) is 15.7 Å². The Hall–Kier alpha value is -0.290. The van der Waals surface area contributed by atoms with Gasteiger partial charge in [-0.25, -0.2) is 8.42 Å². The van der Waals surface area contributed by atoms with Crippen LogP contribution in [0.4, 0.5) is 0 Å². The molecule has 1 atom stereocenters. The summed E-state index contributed by atoms with van der Waals surface area (Å²) in [7, 11) is -1.68. The third-order valence-corrected chi connectivity index (χ3v) is 5.08. The average Bonchev–Trinajstić information content (AvgIpc) is 2.29. The first-order valence-electron chi connectivity index (χ1n) is 5.25. The number of sulfone groups is 1. The summed E-state index contributed by atoms with van der Waals surface area (Å²) >= 11 is 11.7. The Morgan fingerprint density at radius 3 is 2.53 bits per heavy atom. The van der Waals surface area contributed by atoms with Crippen molar-refractivity contribution in [2.75, 3.05) is 12.8 Å². The molecule has 0 radical (unpaired) electrons. The van der Waals surface area contributed by atoms with Gasteiger partial charge in [-0.15, -0.1) is 0 Å². The molecule has 0 saturated heterocycles. The van der Waals surface area contributed by atoms with Crippen LogP contribution in [0.1, 0.15) is 13.3 Å². The Morgan fingerprint density at radius 1 is 1.35 bits per heavy atom. The lowest BCUT2D eigenvalue weighted by Gasteiger charge is -2.14. The molecule has 6 heteroatoms. The molecule has 0 bridgehead atoms. The van der Waals surface area contributed by atoms with Crippen LogP contribution in [0.5, 0.6) is 0 Å². The summed E-state index contributed by atoms with van der Waals surface area (Å²) in [6.07, 6.45) is 0.730. The monoisotopic (exact) mass is 295 g/mol. The molecule has 1 N–H and O–H groups in total. The summed E-state index contributed by atoms with van der Waals surface area (Å²) in [5, 5.41) is 3.53. The third kappa shape index (κ3) is 3.85. The maximum Gasteiger partial charge on any atom is 0.181 e. The van der Waals surface area contributed by atoms with E-state index < -0.39 is 9.84 Å². The van der Waals surface area contributed by atoms with E-state index in [1.807, 2.05) is 6.92 Å². The Balaban J connectivity index is 3.09. The molecule has 0 spiro atoms. The van der Waals surface area contributed by atoms with Crippen molar-refractivity contribution in [1.29, 1.82) is 0 Å². The average molecular weight is 296 g/mol. The van der Waals surface area contributed by atoms with Crippen LogP contribution in [0.25, 0.3) is 0 Å². The molecule has 0 fully saturated rings. The normalized spacial score (nSPS) is 13.6. The molecule has 0 aromatic heterocycles. The topological polar surface area (TPSA) is 46.2 Å². The molecule has 1 aromatic rings. The second-order valence-electron chi connectivity index (χ2n) is 3.75. The molecule has 0 aliphatic heterocycles. The largest absolute Gasteiger partial charge is 0.316 e. The number of hydrogen-bond donors (Lipinski definition) is 1. The van der Waals surface area contributed by atoms with Crippen LogP contribution < -0.4 is 5.32 Å². The van der Waals surface area contributed by atoms with Crippen LogP contribution in [0.2, 0.25) is 10.0 Å². The van der Waals surface area contributed by atoms with Crippen molar-refractivity contribution in [2.24, 2.45) is 0 Å². The van der Waals surface area contributed by atoms with E-state index in [1.54, 1.807) is 13.1 Å². The zero-order chi connectivity index (χ0) is 13.1.